The molecule has 0 bridgehead atoms. The van der Waals surface area contributed by atoms with E-state index in [2.05, 4.69) is 25.1 Å². The highest BCUT2D eigenvalue weighted by atomic mass is 35.5. The summed E-state index contributed by atoms with van der Waals surface area (Å²) in [5.74, 6) is 5.64. The third kappa shape index (κ3) is 6.60. The van der Waals surface area contributed by atoms with Crippen molar-refractivity contribution < 1.29 is 13.9 Å². The van der Waals surface area contributed by atoms with Gasteiger partial charge in [-0.05, 0) is 38.9 Å². The number of aromatic nitrogens is 4. The Labute approximate surface area is 220 Å². The fourth-order valence-electron chi connectivity index (χ4n) is 4.26. The SMILES string of the molecule is C1CCN(C2COC2)CC1.CC(=N)/C(=N\N)c1cc(OCC(C)c2ncc(F)cn2)c2c(Cl)cnn2c1. The molecule has 0 saturated carbocycles. The minimum atomic E-state index is -0.497. The lowest BCUT2D eigenvalue weighted by molar-refractivity contribution is -0.0698. The molecule has 37 heavy (non-hydrogen) atoms. The lowest BCUT2D eigenvalue weighted by Gasteiger charge is -2.39. The van der Waals surface area contributed by atoms with Crippen LogP contribution in [0.25, 0.3) is 5.52 Å². The summed E-state index contributed by atoms with van der Waals surface area (Å²) in [7, 11) is 0. The molecule has 5 heterocycles. The molecule has 2 aliphatic rings. The van der Waals surface area contributed by atoms with Gasteiger partial charge in [0.15, 0.2) is 5.82 Å². The average Bonchev–Trinajstić information content (AvgIpc) is 3.24. The van der Waals surface area contributed by atoms with Gasteiger partial charge in [0, 0.05) is 11.8 Å². The molecule has 3 aromatic rings. The van der Waals surface area contributed by atoms with Crippen LogP contribution >= 0.6 is 11.6 Å². The summed E-state index contributed by atoms with van der Waals surface area (Å²) in [5.41, 5.74) is 1.65. The number of ether oxygens (including phenoxy) is 2. The van der Waals surface area contributed by atoms with E-state index in [1.54, 1.807) is 23.7 Å². The molecule has 12 heteroatoms. The number of halogens is 2. The van der Waals surface area contributed by atoms with Gasteiger partial charge in [-0.25, -0.2) is 18.9 Å². The first-order valence-electron chi connectivity index (χ1n) is 12.3. The molecule has 5 rings (SSSR count). The second-order valence-corrected chi connectivity index (χ2v) is 9.65. The second kappa shape index (κ2) is 12.4. The van der Waals surface area contributed by atoms with Crippen LogP contribution in [0, 0.1) is 11.2 Å². The molecule has 3 aromatic heterocycles. The van der Waals surface area contributed by atoms with Crippen molar-refractivity contribution in [2.45, 2.75) is 45.1 Å². The lowest BCUT2D eigenvalue weighted by Crippen LogP contribution is -2.50. The van der Waals surface area contributed by atoms with Gasteiger partial charge in [0.25, 0.3) is 0 Å². The summed E-state index contributed by atoms with van der Waals surface area (Å²) in [6, 6.07) is 2.48. The highest BCUT2D eigenvalue weighted by Crippen LogP contribution is 2.29. The quantitative estimate of drug-likeness (QED) is 0.271. The Balaban J connectivity index is 0.000000265. The normalized spacial score (nSPS) is 17.6. The second-order valence-electron chi connectivity index (χ2n) is 9.24. The van der Waals surface area contributed by atoms with E-state index in [0.717, 1.165) is 31.6 Å². The molecule has 198 valence electrons. The third-order valence-corrected chi connectivity index (χ3v) is 6.66. The molecule has 2 aliphatic heterocycles. The number of hydrogen-bond acceptors (Lipinski definition) is 9. The summed E-state index contributed by atoms with van der Waals surface area (Å²) in [4.78, 5) is 10.5. The van der Waals surface area contributed by atoms with E-state index in [4.69, 9.17) is 32.3 Å². The summed E-state index contributed by atoms with van der Waals surface area (Å²) in [6.45, 7) is 8.27. The molecule has 0 amide bonds. The number of nitrogens with zero attached hydrogens (tertiary/aromatic N) is 6. The first-order chi connectivity index (χ1) is 17.9. The number of nitrogens with two attached hydrogens (primary N) is 1. The number of pyridine rings is 1. The fraction of sp³-hybridized carbons (Fsp3) is 0.480. The number of rotatable bonds is 7. The monoisotopic (exact) mass is 530 g/mol. The standard InChI is InChI=1S/C17H17ClFN7O.C8H15NO/c1-9(17-22-4-12(19)5-23-17)8-27-14-3-11(15(25-21)10(2)20)7-26-16(14)13(18)6-24-26;1-2-4-9(5-3-1)8-6-10-7-8/h3-7,9,20H,8,21H2,1-2H3;8H,1-7H2/b20-10?,25-15+;. The zero-order valence-corrected chi connectivity index (χ0v) is 21.8. The van der Waals surface area contributed by atoms with Crippen molar-refractivity contribution >= 4 is 28.5 Å². The summed E-state index contributed by atoms with van der Waals surface area (Å²) in [5, 5.41) is 16.1. The molecule has 1 unspecified atom stereocenters. The molecule has 2 fully saturated rings. The van der Waals surface area contributed by atoms with Gasteiger partial charge < -0.3 is 20.7 Å². The highest BCUT2D eigenvalue weighted by molar-refractivity contribution is 6.46. The Morgan fingerprint density at radius 1 is 1.27 bits per heavy atom. The van der Waals surface area contributed by atoms with Crippen molar-refractivity contribution in [3.63, 3.8) is 0 Å². The summed E-state index contributed by atoms with van der Waals surface area (Å²) >= 11 is 6.23. The maximum atomic E-state index is 13.0. The van der Waals surface area contributed by atoms with Gasteiger partial charge in [-0.1, -0.05) is 24.9 Å². The smallest absolute Gasteiger partial charge is 0.159 e. The van der Waals surface area contributed by atoms with Crippen molar-refractivity contribution in [3.05, 3.63) is 53.1 Å². The number of likely N-dealkylation sites (tertiary alicyclic amines) is 1. The minimum Gasteiger partial charge on any atom is -0.490 e. The molecule has 2 saturated heterocycles. The molecule has 1 atom stereocenters. The zero-order chi connectivity index (χ0) is 26.4. The highest BCUT2D eigenvalue weighted by Gasteiger charge is 2.26. The van der Waals surface area contributed by atoms with Gasteiger partial charge in [0.05, 0.1) is 61.1 Å². The van der Waals surface area contributed by atoms with E-state index in [9.17, 15) is 4.39 Å². The van der Waals surface area contributed by atoms with Gasteiger partial charge in [-0.15, -0.1) is 0 Å². The molecule has 0 aromatic carbocycles. The topological polar surface area (TPSA) is 127 Å². The van der Waals surface area contributed by atoms with Crippen LogP contribution in [0.3, 0.4) is 0 Å². The fourth-order valence-corrected chi connectivity index (χ4v) is 4.48. The van der Waals surface area contributed by atoms with Gasteiger partial charge in [0.2, 0.25) is 0 Å². The summed E-state index contributed by atoms with van der Waals surface area (Å²) in [6.07, 6.45) is 9.63. The van der Waals surface area contributed by atoms with Crippen LogP contribution in [-0.4, -0.2) is 74.9 Å². The molecule has 0 spiro atoms. The minimum absolute atomic E-state index is 0.192. The van der Waals surface area contributed by atoms with E-state index in [1.807, 2.05) is 6.92 Å². The third-order valence-electron chi connectivity index (χ3n) is 6.39. The Bertz CT molecular complexity index is 1240. The Hall–Kier alpha value is -3.15. The number of piperidine rings is 1. The number of hydrazone groups is 1. The lowest BCUT2D eigenvalue weighted by atomic mass is 10.1. The van der Waals surface area contributed by atoms with E-state index in [0.29, 0.717) is 33.4 Å². The van der Waals surface area contributed by atoms with Crippen molar-refractivity contribution in [1.82, 2.24) is 24.5 Å². The Kier molecular flexibility index (Phi) is 9.01. The van der Waals surface area contributed by atoms with E-state index >= 15 is 0 Å². The maximum Gasteiger partial charge on any atom is 0.159 e. The first kappa shape index (κ1) is 26.9. The van der Waals surface area contributed by atoms with Crippen molar-refractivity contribution in [1.29, 1.82) is 5.41 Å². The zero-order valence-electron chi connectivity index (χ0n) is 21.0. The predicted molar refractivity (Wildman–Crippen MR) is 140 cm³/mol. The molecule has 10 nitrogen and oxygen atoms in total. The molecule has 3 N–H and O–H groups in total. The van der Waals surface area contributed by atoms with E-state index in [-0.39, 0.29) is 18.2 Å². The van der Waals surface area contributed by atoms with Crippen molar-refractivity contribution in [3.8, 4) is 5.75 Å². The number of fused-ring (bicyclic) bond motifs is 1. The molecule has 0 aliphatic carbocycles. The maximum absolute atomic E-state index is 13.0. The van der Waals surface area contributed by atoms with Gasteiger partial charge in [-0.2, -0.15) is 10.2 Å². The summed E-state index contributed by atoms with van der Waals surface area (Å²) < 4.78 is 25.6. The Morgan fingerprint density at radius 2 is 1.97 bits per heavy atom. The van der Waals surface area contributed by atoms with Crippen LogP contribution in [0.15, 0.2) is 36.0 Å². The van der Waals surface area contributed by atoms with Crippen LogP contribution in [0.1, 0.15) is 50.4 Å². The average molecular weight is 531 g/mol. The van der Waals surface area contributed by atoms with E-state index < -0.39 is 5.82 Å². The van der Waals surface area contributed by atoms with Crippen molar-refractivity contribution in [2.75, 3.05) is 32.9 Å². The largest absolute Gasteiger partial charge is 0.490 e. The molecule has 0 radical (unpaired) electrons. The molecular weight excluding hydrogens is 499 g/mol. The number of hydrogen-bond donors (Lipinski definition) is 2. The van der Waals surface area contributed by atoms with Gasteiger partial charge in [0.1, 0.15) is 22.8 Å². The predicted octanol–water partition coefficient (Wildman–Crippen LogP) is 3.67. The van der Waals surface area contributed by atoms with Crippen molar-refractivity contribution in [2.24, 2.45) is 10.9 Å². The molecular formula is C25H32ClFN8O2. The number of nitrogens with one attached hydrogen (secondary N) is 1. The van der Waals surface area contributed by atoms with Crippen LogP contribution in [0.4, 0.5) is 4.39 Å². The van der Waals surface area contributed by atoms with Crippen LogP contribution in [-0.2, 0) is 4.74 Å². The van der Waals surface area contributed by atoms with Crippen LogP contribution in [0.2, 0.25) is 5.02 Å². The van der Waals surface area contributed by atoms with Crippen LogP contribution in [0.5, 0.6) is 5.75 Å². The van der Waals surface area contributed by atoms with Gasteiger partial charge in [-0.3, -0.25) is 4.90 Å². The van der Waals surface area contributed by atoms with Crippen LogP contribution < -0.4 is 10.6 Å². The van der Waals surface area contributed by atoms with Gasteiger partial charge >= 0.3 is 0 Å². The Morgan fingerprint density at radius 3 is 2.57 bits per heavy atom. The van der Waals surface area contributed by atoms with E-state index in [1.165, 1.54) is 38.5 Å². The first-order valence-corrected chi connectivity index (χ1v) is 12.7.